The van der Waals surface area contributed by atoms with Gasteiger partial charge in [0.15, 0.2) is 5.82 Å². The SMILES string of the molecule is CCCc1nc2c(N)nc(C)c(C)c2n1CCOCCON(C)S(=O)(=O)C(C)C. The van der Waals surface area contributed by atoms with Gasteiger partial charge in [-0.1, -0.05) is 11.4 Å². The highest BCUT2D eigenvalue weighted by Gasteiger charge is 2.22. The zero-order valence-electron chi connectivity index (χ0n) is 18.2. The van der Waals surface area contributed by atoms with Crippen LogP contribution in [-0.4, -0.2) is 59.5 Å². The van der Waals surface area contributed by atoms with Crippen LogP contribution >= 0.6 is 0 Å². The zero-order chi connectivity index (χ0) is 21.8. The Balaban J connectivity index is 1.99. The molecule has 0 aliphatic heterocycles. The van der Waals surface area contributed by atoms with E-state index in [4.69, 9.17) is 20.3 Å². The summed E-state index contributed by atoms with van der Waals surface area (Å²) in [6.07, 6.45) is 1.81. The third-order valence-corrected chi connectivity index (χ3v) is 6.88. The van der Waals surface area contributed by atoms with Crippen molar-refractivity contribution < 1.29 is 18.0 Å². The Hall–Kier alpha value is -1.75. The molecule has 29 heavy (non-hydrogen) atoms. The molecular weight excluding hydrogens is 394 g/mol. The number of nitrogen functional groups attached to an aromatic ring is 1. The van der Waals surface area contributed by atoms with Crippen molar-refractivity contribution in [3.63, 3.8) is 0 Å². The lowest BCUT2D eigenvalue weighted by atomic mass is 10.2. The summed E-state index contributed by atoms with van der Waals surface area (Å²) >= 11 is 0. The van der Waals surface area contributed by atoms with Gasteiger partial charge in [0.25, 0.3) is 0 Å². The Morgan fingerprint density at radius 3 is 2.48 bits per heavy atom. The average molecular weight is 428 g/mol. The van der Waals surface area contributed by atoms with E-state index in [1.165, 1.54) is 7.05 Å². The molecular formula is C19H33N5O4S. The second kappa shape index (κ2) is 9.84. The first-order valence-electron chi connectivity index (χ1n) is 9.91. The number of anilines is 1. The summed E-state index contributed by atoms with van der Waals surface area (Å²) in [7, 11) is -2.03. The van der Waals surface area contributed by atoms with Crippen LogP contribution in [0.3, 0.4) is 0 Å². The summed E-state index contributed by atoms with van der Waals surface area (Å²) in [5.41, 5.74) is 9.79. The molecule has 0 unspecified atom stereocenters. The quantitative estimate of drug-likeness (QED) is 0.432. The van der Waals surface area contributed by atoms with Crippen molar-refractivity contribution in [2.24, 2.45) is 0 Å². The van der Waals surface area contributed by atoms with E-state index in [0.717, 1.165) is 45.4 Å². The molecule has 0 spiro atoms. The number of sulfonamides is 1. The number of aryl methyl sites for hydroxylation is 3. The topological polar surface area (TPSA) is 113 Å². The van der Waals surface area contributed by atoms with Gasteiger partial charge >= 0.3 is 0 Å². The third kappa shape index (κ3) is 5.25. The number of hydrogen-bond acceptors (Lipinski definition) is 7. The van der Waals surface area contributed by atoms with Crippen molar-refractivity contribution in [3.05, 3.63) is 17.1 Å². The summed E-state index contributed by atoms with van der Waals surface area (Å²) < 4.78 is 32.6. The summed E-state index contributed by atoms with van der Waals surface area (Å²) in [6, 6.07) is 0. The highest BCUT2D eigenvalue weighted by atomic mass is 32.2. The molecule has 2 aromatic rings. The molecule has 2 N–H and O–H groups in total. The third-order valence-electron chi connectivity index (χ3n) is 4.86. The van der Waals surface area contributed by atoms with E-state index in [9.17, 15) is 8.42 Å². The van der Waals surface area contributed by atoms with E-state index < -0.39 is 15.3 Å². The van der Waals surface area contributed by atoms with Crippen molar-refractivity contribution in [1.29, 1.82) is 0 Å². The molecule has 0 saturated heterocycles. The first-order chi connectivity index (χ1) is 13.6. The maximum atomic E-state index is 12.0. The summed E-state index contributed by atoms with van der Waals surface area (Å²) in [6.45, 7) is 10.8. The van der Waals surface area contributed by atoms with Crippen LogP contribution in [-0.2, 0) is 32.6 Å². The molecule has 2 rings (SSSR count). The van der Waals surface area contributed by atoms with Crippen molar-refractivity contribution >= 4 is 26.9 Å². The number of ether oxygens (including phenoxy) is 1. The number of nitrogens with zero attached hydrogens (tertiary/aromatic N) is 4. The van der Waals surface area contributed by atoms with Crippen LogP contribution in [0.5, 0.6) is 0 Å². The molecule has 0 amide bonds. The number of nitrogens with two attached hydrogens (primary N) is 1. The van der Waals surface area contributed by atoms with E-state index in [2.05, 4.69) is 16.5 Å². The van der Waals surface area contributed by atoms with E-state index in [1.807, 2.05) is 13.8 Å². The molecule has 10 heteroatoms. The number of rotatable bonds is 11. The van der Waals surface area contributed by atoms with Crippen LogP contribution in [0.2, 0.25) is 0 Å². The highest BCUT2D eigenvalue weighted by molar-refractivity contribution is 7.89. The van der Waals surface area contributed by atoms with Gasteiger partial charge in [0.05, 0.1) is 30.6 Å². The molecule has 0 aliphatic rings. The fraction of sp³-hybridized carbons (Fsp3) is 0.684. The van der Waals surface area contributed by atoms with Gasteiger partial charge in [0, 0.05) is 25.7 Å². The molecule has 0 radical (unpaired) electrons. The van der Waals surface area contributed by atoms with Gasteiger partial charge in [-0.15, -0.1) is 0 Å². The van der Waals surface area contributed by atoms with Gasteiger partial charge in [-0.25, -0.2) is 18.4 Å². The standard InChI is InChI=1S/C19H33N5O4S/c1-7-8-16-22-17-18(14(4)15(5)21-19(17)20)24(16)9-10-27-11-12-28-23(6)29(25,26)13(2)3/h13H,7-12H2,1-6H3,(H2,20,21). The molecule has 164 valence electrons. The van der Waals surface area contributed by atoms with Crippen LogP contribution in [0.15, 0.2) is 0 Å². The molecule has 2 heterocycles. The second-order valence-electron chi connectivity index (χ2n) is 7.28. The van der Waals surface area contributed by atoms with Gasteiger partial charge in [-0.3, -0.25) is 4.84 Å². The minimum Gasteiger partial charge on any atom is -0.382 e. The molecule has 2 aromatic heterocycles. The Labute approximate surface area is 173 Å². The van der Waals surface area contributed by atoms with Crippen molar-refractivity contribution in [2.45, 2.75) is 59.3 Å². The molecule has 0 saturated carbocycles. The van der Waals surface area contributed by atoms with Gasteiger partial charge in [-0.05, 0) is 39.7 Å². The van der Waals surface area contributed by atoms with E-state index in [0.29, 0.717) is 19.0 Å². The van der Waals surface area contributed by atoms with E-state index >= 15 is 0 Å². The van der Waals surface area contributed by atoms with Gasteiger partial charge in [0.2, 0.25) is 10.0 Å². The normalized spacial score (nSPS) is 12.6. The largest absolute Gasteiger partial charge is 0.382 e. The maximum Gasteiger partial charge on any atom is 0.238 e. The van der Waals surface area contributed by atoms with Crippen molar-refractivity contribution in [2.75, 3.05) is 32.6 Å². The predicted molar refractivity (Wildman–Crippen MR) is 114 cm³/mol. The number of aromatic nitrogens is 3. The van der Waals surface area contributed by atoms with Gasteiger partial charge < -0.3 is 15.0 Å². The summed E-state index contributed by atoms with van der Waals surface area (Å²) in [5, 5.41) is -0.534. The van der Waals surface area contributed by atoms with Crippen LogP contribution in [0, 0.1) is 13.8 Å². The van der Waals surface area contributed by atoms with Crippen LogP contribution in [0.4, 0.5) is 5.82 Å². The minimum absolute atomic E-state index is 0.157. The Bertz CT molecular complexity index is 940. The number of hydroxylamine groups is 1. The van der Waals surface area contributed by atoms with E-state index in [-0.39, 0.29) is 13.2 Å². The lowest BCUT2D eigenvalue weighted by molar-refractivity contribution is -0.0870. The number of pyridine rings is 1. The Morgan fingerprint density at radius 2 is 1.86 bits per heavy atom. The van der Waals surface area contributed by atoms with E-state index in [1.54, 1.807) is 13.8 Å². The average Bonchev–Trinajstić information content (AvgIpc) is 3.01. The fourth-order valence-electron chi connectivity index (χ4n) is 3.06. The smallest absolute Gasteiger partial charge is 0.238 e. The number of imidazole rings is 1. The predicted octanol–water partition coefficient (Wildman–Crippen LogP) is 2.20. The second-order valence-corrected chi connectivity index (χ2v) is 9.77. The first-order valence-corrected chi connectivity index (χ1v) is 11.4. The van der Waals surface area contributed by atoms with Gasteiger partial charge in [-0.2, -0.15) is 0 Å². The molecule has 0 bridgehead atoms. The Kier molecular flexibility index (Phi) is 7.98. The summed E-state index contributed by atoms with van der Waals surface area (Å²) in [5.74, 6) is 1.41. The molecule has 0 aromatic carbocycles. The van der Waals surface area contributed by atoms with Crippen molar-refractivity contribution in [3.8, 4) is 0 Å². The fourth-order valence-corrected chi connectivity index (χ4v) is 3.87. The molecule has 9 nitrogen and oxygen atoms in total. The molecule has 0 fully saturated rings. The van der Waals surface area contributed by atoms with Crippen LogP contribution < -0.4 is 5.73 Å². The first kappa shape index (κ1) is 23.5. The number of fused-ring (bicyclic) bond motifs is 1. The lowest BCUT2D eigenvalue weighted by Crippen LogP contribution is -2.34. The van der Waals surface area contributed by atoms with Gasteiger partial charge in [0.1, 0.15) is 11.3 Å². The van der Waals surface area contributed by atoms with Crippen LogP contribution in [0.25, 0.3) is 11.0 Å². The van der Waals surface area contributed by atoms with Crippen molar-refractivity contribution in [1.82, 2.24) is 19.0 Å². The molecule has 0 aliphatic carbocycles. The summed E-state index contributed by atoms with van der Waals surface area (Å²) in [4.78, 5) is 14.4. The molecule has 0 atom stereocenters. The highest BCUT2D eigenvalue weighted by Crippen LogP contribution is 2.26. The minimum atomic E-state index is -3.43. The van der Waals surface area contributed by atoms with Crippen LogP contribution in [0.1, 0.15) is 44.3 Å². The number of hydrogen-bond donors (Lipinski definition) is 1. The monoisotopic (exact) mass is 427 g/mol. The Morgan fingerprint density at radius 1 is 1.17 bits per heavy atom. The lowest BCUT2D eigenvalue weighted by Gasteiger charge is -2.19. The zero-order valence-corrected chi connectivity index (χ0v) is 19.0. The maximum absolute atomic E-state index is 12.0.